The number of hydrogen-bond donors (Lipinski definition) is 2. The summed E-state index contributed by atoms with van der Waals surface area (Å²) in [4.78, 5) is 9.00. The van der Waals surface area contributed by atoms with E-state index in [0.29, 0.717) is 0 Å². The van der Waals surface area contributed by atoms with Crippen LogP contribution in [0.5, 0.6) is 0 Å². The summed E-state index contributed by atoms with van der Waals surface area (Å²) in [5, 5.41) is 6.21. The average molecular weight is 128 g/mol. The maximum absolute atomic E-state index is 9.00. The van der Waals surface area contributed by atoms with E-state index in [2.05, 4.69) is 21.7 Å². The van der Waals surface area contributed by atoms with E-state index in [1.807, 2.05) is 6.07 Å². The number of amides is 2. The maximum Gasteiger partial charge on any atom is 0.309 e. The molecule has 0 radical (unpaired) electrons. The van der Waals surface area contributed by atoms with E-state index in [0.717, 1.165) is 0 Å². The summed E-state index contributed by atoms with van der Waals surface area (Å²) >= 11 is 0. The van der Waals surface area contributed by atoms with Crippen LogP contribution in [0.4, 0.5) is 4.79 Å². The summed E-state index contributed by atoms with van der Waals surface area (Å²) in [6.07, 6.45) is 3.46. The SMILES string of the molecule is NC(N)=O.c1c[n-][nH+]c1. The summed E-state index contributed by atoms with van der Waals surface area (Å²) in [6, 6.07) is 1.00. The van der Waals surface area contributed by atoms with Gasteiger partial charge in [0.1, 0.15) is 0 Å². The normalized spacial score (nSPS) is 7.11. The molecule has 0 aliphatic rings. The molecular weight excluding hydrogens is 120 g/mol. The Morgan fingerprint density at radius 3 is 2.22 bits per heavy atom. The second-order valence-electron chi connectivity index (χ2n) is 1.17. The van der Waals surface area contributed by atoms with Crippen LogP contribution in [0.1, 0.15) is 0 Å². The minimum Gasteiger partial charge on any atom is -0.420 e. The molecule has 0 saturated heterocycles. The van der Waals surface area contributed by atoms with Crippen LogP contribution in [-0.2, 0) is 0 Å². The first-order chi connectivity index (χ1) is 4.23. The highest BCUT2D eigenvalue weighted by Crippen LogP contribution is 1.56. The highest BCUT2D eigenvalue weighted by molar-refractivity contribution is 5.69. The number of hydrogen-bond acceptors (Lipinski definition) is 1. The number of H-pyrrole nitrogens is 1. The lowest BCUT2D eigenvalue weighted by molar-refractivity contribution is -0.455. The van der Waals surface area contributed by atoms with Crippen molar-refractivity contribution in [1.29, 1.82) is 0 Å². The molecular formula is C4H8N4O. The number of nitrogens with one attached hydrogen (secondary N) is 1. The summed E-state index contributed by atoms with van der Waals surface area (Å²) in [5.41, 5.74) is 8.50. The molecule has 1 heterocycles. The topological polar surface area (TPSA) is 97.4 Å². The Labute approximate surface area is 52.0 Å². The number of nitrogens with zero attached hydrogens (tertiary/aromatic N) is 1. The van der Waals surface area contributed by atoms with Crippen molar-refractivity contribution in [2.24, 2.45) is 11.5 Å². The van der Waals surface area contributed by atoms with Crippen LogP contribution >= 0.6 is 0 Å². The first-order valence-corrected chi connectivity index (χ1v) is 2.22. The highest BCUT2D eigenvalue weighted by Gasteiger charge is 1.60. The van der Waals surface area contributed by atoms with Crippen LogP contribution in [-0.4, -0.2) is 6.03 Å². The third kappa shape index (κ3) is 10.7. The molecule has 5 nitrogen and oxygen atoms in total. The summed E-state index contributed by atoms with van der Waals surface area (Å²) in [6.45, 7) is 0. The van der Waals surface area contributed by atoms with Gasteiger partial charge in [0, 0.05) is 0 Å². The standard InChI is InChI=1S/C3H4N2.CH4N2O/c1-2-4-5-3-1;2-1(3)4/h1-4H;(H4,2,3,4). The number of carbonyl (C=O) groups is 1. The molecule has 0 saturated carbocycles. The fourth-order valence-corrected chi connectivity index (χ4v) is 0.215. The average Bonchev–Trinajstić information content (AvgIpc) is 2.11. The Bertz CT molecular complexity index is 126. The van der Waals surface area contributed by atoms with Gasteiger partial charge in [-0.05, 0) is 6.07 Å². The molecule has 0 atom stereocenters. The van der Waals surface area contributed by atoms with Crippen molar-refractivity contribution in [2.75, 3.05) is 0 Å². The van der Waals surface area contributed by atoms with Crippen molar-refractivity contribution in [3.05, 3.63) is 18.5 Å². The Balaban J connectivity index is 0.000000148. The molecule has 5 heteroatoms. The molecule has 0 aromatic carbocycles. The number of nitrogens with two attached hydrogens (primary N) is 2. The molecule has 9 heavy (non-hydrogen) atoms. The van der Waals surface area contributed by atoms with Crippen LogP contribution < -0.4 is 21.7 Å². The lowest BCUT2D eigenvalue weighted by atomic mass is 10.8. The summed E-state index contributed by atoms with van der Waals surface area (Å²) < 4.78 is 0. The van der Waals surface area contributed by atoms with Crippen LogP contribution in [0.3, 0.4) is 0 Å². The Morgan fingerprint density at radius 2 is 2.11 bits per heavy atom. The zero-order chi connectivity index (χ0) is 7.11. The van der Waals surface area contributed by atoms with Gasteiger partial charge in [-0.2, -0.15) is 0 Å². The molecule has 1 aromatic heterocycles. The number of rotatable bonds is 0. The molecule has 5 N–H and O–H groups in total. The van der Waals surface area contributed by atoms with E-state index in [1.165, 1.54) is 0 Å². The zero-order valence-electron chi connectivity index (χ0n) is 4.74. The number of aromatic amines is 1. The first-order valence-electron chi connectivity index (χ1n) is 2.22. The smallest absolute Gasteiger partial charge is 0.309 e. The van der Waals surface area contributed by atoms with E-state index in [1.54, 1.807) is 12.4 Å². The molecule has 0 fully saturated rings. The van der Waals surface area contributed by atoms with Crippen molar-refractivity contribution in [3.63, 3.8) is 0 Å². The minimum absolute atomic E-state index is 0.833. The van der Waals surface area contributed by atoms with Crippen LogP contribution in [0.15, 0.2) is 18.5 Å². The second kappa shape index (κ2) is 4.63. The minimum atomic E-state index is -0.833. The van der Waals surface area contributed by atoms with Gasteiger partial charge in [0.25, 0.3) is 0 Å². The van der Waals surface area contributed by atoms with E-state index in [9.17, 15) is 0 Å². The monoisotopic (exact) mass is 128 g/mol. The fourth-order valence-electron chi connectivity index (χ4n) is 0.215. The molecule has 2 amide bonds. The van der Waals surface area contributed by atoms with Crippen LogP contribution in [0.25, 0.3) is 0 Å². The van der Waals surface area contributed by atoms with Crippen molar-refractivity contribution in [2.45, 2.75) is 0 Å². The van der Waals surface area contributed by atoms with E-state index in [4.69, 9.17) is 4.79 Å². The Hall–Kier alpha value is -1.52. The van der Waals surface area contributed by atoms with Gasteiger partial charge in [-0.15, -0.1) is 6.20 Å². The molecule has 1 rings (SSSR count). The fraction of sp³-hybridized carbons (Fsp3) is 0. The van der Waals surface area contributed by atoms with Crippen molar-refractivity contribution in [1.82, 2.24) is 5.10 Å². The summed E-state index contributed by atoms with van der Waals surface area (Å²) in [7, 11) is 0. The predicted octanol–water partition coefficient (Wildman–Crippen LogP) is -1.52. The van der Waals surface area contributed by atoms with Gasteiger partial charge >= 0.3 is 6.03 Å². The van der Waals surface area contributed by atoms with E-state index in [-0.39, 0.29) is 0 Å². The number of primary amides is 2. The lowest BCUT2D eigenvalue weighted by Crippen LogP contribution is -2.18. The van der Waals surface area contributed by atoms with Crippen molar-refractivity contribution in [3.8, 4) is 0 Å². The Morgan fingerprint density at radius 1 is 1.56 bits per heavy atom. The first kappa shape index (κ1) is 7.48. The third-order valence-electron chi connectivity index (χ3n) is 0.406. The maximum atomic E-state index is 9.00. The largest absolute Gasteiger partial charge is 0.420 e. The quantitative estimate of drug-likeness (QED) is 0.443. The van der Waals surface area contributed by atoms with Gasteiger partial charge in [-0.1, -0.05) is 0 Å². The van der Waals surface area contributed by atoms with Gasteiger partial charge in [0.2, 0.25) is 0 Å². The molecule has 0 aliphatic carbocycles. The van der Waals surface area contributed by atoms with Gasteiger partial charge in [0.15, 0.2) is 6.20 Å². The van der Waals surface area contributed by atoms with Crippen LogP contribution in [0.2, 0.25) is 0 Å². The van der Waals surface area contributed by atoms with Crippen LogP contribution in [0, 0.1) is 0 Å². The van der Waals surface area contributed by atoms with E-state index < -0.39 is 6.03 Å². The lowest BCUT2D eigenvalue weighted by Gasteiger charge is -1.62. The molecule has 1 aromatic rings. The van der Waals surface area contributed by atoms with Gasteiger partial charge < -0.3 is 16.6 Å². The molecule has 0 spiro atoms. The highest BCUT2D eigenvalue weighted by atomic mass is 16.2. The second-order valence-corrected chi connectivity index (χ2v) is 1.17. The summed E-state index contributed by atoms with van der Waals surface area (Å²) in [5.74, 6) is 0. The molecule has 0 unspecified atom stereocenters. The van der Waals surface area contributed by atoms with Gasteiger partial charge in [0.05, 0.1) is 0 Å². The van der Waals surface area contributed by atoms with Gasteiger partial charge in [-0.3, -0.25) is 5.10 Å². The van der Waals surface area contributed by atoms with E-state index >= 15 is 0 Å². The number of urea groups is 1. The molecule has 0 aliphatic heterocycles. The predicted molar refractivity (Wildman–Crippen MR) is 30.1 cm³/mol. The third-order valence-corrected chi connectivity index (χ3v) is 0.406. The molecule has 50 valence electrons. The molecule has 0 bridgehead atoms. The van der Waals surface area contributed by atoms with Gasteiger partial charge in [-0.25, -0.2) is 4.79 Å². The van der Waals surface area contributed by atoms with Crippen molar-refractivity contribution < 1.29 is 9.89 Å². The van der Waals surface area contributed by atoms with Crippen molar-refractivity contribution >= 4 is 6.03 Å². The Kier molecular flexibility index (Phi) is 3.85. The number of carbonyl (C=O) groups excluding carboxylic acids is 1. The number of aromatic nitrogens is 2. The zero-order valence-corrected chi connectivity index (χ0v) is 4.74.